The summed E-state index contributed by atoms with van der Waals surface area (Å²) in [4.78, 5) is 38.7. The van der Waals surface area contributed by atoms with Gasteiger partial charge in [0.15, 0.2) is 18.3 Å². The molecule has 0 atom stereocenters. The third-order valence-corrected chi connectivity index (χ3v) is 7.14. The van der Waals surface area contributed by atoms with Crippen LogP contribution in [0.4, 0.5) is 0 Å². The number of benzene rings is 3. The molecule has 3 heterocycles. The standard InChI is InChI=1S/C34H28O9/c35-25(19-16-22-10-4-1-5-11-22)38-28-31-29(39-26(36)20-17-23-12-6-2-7-13-23)33-30(32(28)42-34(41-31)43-33)40-27(37)21-18-24-14-8-3-9-15-24/h1-21,28-34H/b19-16+,20-17+,21-18+. The van der Waals surface area contributed by atoms with Crippen LogP contribution in [0.15, 0.2) is 109 Å². The van der Waals surface area contributed by atoms with Crippen LogP contribution in [0, 0.1) is 0 Å². The minimum absolute atomic E-state index is 0.669. The van der Waals surface area contributed by atoms with E-state index in [2.05, 4.69) is 0 Å². The summed E-state index contributed by atoms with van der Waals surface area (Å²) in [5.74, 6) is -2.01. The Morgan fingerprint density at radius 1 is 0.465 bits per heavy atom. The number of esters is 3. The largest absolute Gasteiger partial charge is 0.453 e. The Morgan fingerprint density at radius 3 is 1.02 bits per heavy atom. The van der Waals surface area contributed by atoms with Crippen molar-refractivity contribution in [2.45, 2.75) is 43.1 Å². The molecule has 3 aromatic rings. The predicted octanol–water partition coefficient (Wildman–Crippen LogP) is 4.34. The molecule has 0 N–H and O–H groups in total. The summed E-state index contributed by atoms with van der Waals surface area (Å²) in [6, 6.07) is 27.7. The fourth-order valence-corrected chi connectivity index (χ4v) is 5.18. The highest BCUT2D eigenvalue weighted by atomic mass is 16.9. The van der Waals surface area contributed by atoms with Gasteiger partial charge < -0.3 is 28.4 Å². The normalized spacial score (nSPS) is 27.5. The Hall–Kier alpha value is -4.83. The molecule has 4 fully saturated rings. The average Bonchev–Trinajstić information content (AvgIpc) is 3.04. The van der Waals surface area contributed by atoms with Crippen LogP contribution in [-0.4, -0.2) is 61.0 Å². The molecule has 0 unspecified atom stereocenters. The van der Waals surface area contributed by atoms with Crippen molar-refractivity contribution in [3.05, 3.63) is 126 Å². The number of hydrogen-bond acceptors (Lipinski definition) is 9. The quantitative estimate of drug-likeness (QED) is 0.208. The molecule has 4 bridgehead atoms. The van der Waals surface area contributed by atoms with Crippen molar-refractivity contribution < 1.29 is 42.8 Å². The van der Waals surface area contributed by atoms with Gasteiger partial charge in [-0.2, -0.15) is 0 Å². The van der Waals surface area contributed by atoms with E-state index in [4.69, 9.17) is 28.4 Å². The third kappa shape index (κ3) is 6.81. The molecule has 3 aliphatic heterocycles. The average molecular weight is 581 g/mol. The molecule has 3 aromatic carbocycles. The minimum Gasteiger partial charge on any atom is -0.453 e. The number of carbonyl (C=O) groups is 3. The van der Waals surface area contributed by atoms with E-state index >= 15 is 0 Å². The lowest BCUT2D eigenvalue weighted by Gasteiger charge is -2.57. The number of hydrogen-bond donors (Lipinski definition) is 0. The van der Waals surface area contributed by atoms with Crippen molar-refractivity contribution in [1.29, 1.82) is 0 Å². The molecule has 43 heavy (non-hydrogen) atoms. The zero-order valence-corrected chi connectivity index (χ0v) is 22.8. The summed E-state index contributed by atoms with van der Waals surface area (Å²) in [6.07, 6.45) is 2.76. The van der Waals surface area contributed by atoms with Crippen LogP contribution in [0.25, 0.3) is 18.2 Å². The van der Waals surface area contributed by atoms with E-state index in [-0.39, 0.29) is 0 Å². The van der Waals surface area contributed by atoms with Crippen LogP contribution < -0.4 is 0 Å². The van der Waals surface area contributed by atoms with E-state index in [0.717, 1.165) is 16.7 Å². The van der Waals surface area contributed by atoms with Crippen molar-refractivity contribution >= 4 is 36.1 Å². The van der Waals surface area contributed by atoms with Crippen LogP contribution in [0.2, 0.25) is 0 Å². The van der Waals surface area contributed by atoms with E-state index in [1.165, 1.54) is 18.2 Å². The maximum Gasteiger partial charge on any atom is 0.331 e. The highest BCUT2D eigenvalue weighted by Gasteiger charge is 2.66. The number of rotatable bonds is 9. The molecule has 3 saturated heterocycles. The lowest BCUT2D eigenvalue weighted by atomic mass is 9.82. The SMILES string of the molecule is O=C(/C=C/c1ccccc1)OC1C2OC3OC1C(OC(=O)/C=C/c1ccccc1)C(O3)C2OC(=O)/C=C/c1ccccc1. The number of carbonyl (C=O) groups excluding carboxylic acids is 3. The summed E-state index contributed by atoms with van der Waals surface area (Å²) in [5.41, 5.74) is 2.42. The third-order valence-electron chi connectivity index (χ3n) is 7.14. The Bertz CT molecular complexity index is 1320. The smallest absolute Gasteiger partial charge is 0.331 e. The van der Waals surface area contributed by atoms with Gasteiger partial charge in [0, 0.05) is 18.2 Å². The summed E-state index contributed by atoms with van der Waals surface area (Å²) in [5, 5.41) is 0. The first kappa shape index (κ1) is 28.3. The number of ether oxygens (including phenoxy) is 6. The van der Waals surface area contributed by atoms with Crippen molar-refractivity contribution in [3.63, 3.8) is 0 Å². The Labute approximate surface area is 247 Å². The molecule has 9 nitrogen and oxygen atoms in total. The van der Waals surface area contributed by atoms with Gasteiger partial charge in [-0.15, -0.1) is 0 Å². The first-order valence-electron chi connectivity index (χ1n) is 13.8. The Balaban J connectivity index is 1.22. The van der Waals surface area contributed by atoms with Crippen LogP contribution in [-0.2, 0) is 42.8 Å². The molecular weight excluding hydrogens is 552 g/mol. The van der Waals surface area contributed by atoms with Crippen LogP contribution in [0.3, 0.4) is 0 Å². The highest BCUT2D eigenvalue weighted by molar-refractivity contribution is 5.88. The minimum atomic E-state index is -1.10. The Morgan fingerprint density at radius 2 is 0.744 bits per heavy atom. The summed E-state index contributed by atoms with van der Waals surface area (Å²) >= 11 is 0. The van der Waals surface area contributed by atoms with E-state index in [0.29, 0.717) is 0 Å². The molecule has 1 saturated carbocycles. The molecule has 7 rings (SSSR count). The van der Waals surface area contributed by atoms with Gasteiger partial charge in [0.1, 0.15) is 18.3 Å². The molecule has 0 spiro atoms. The van der Waals surface area contributed by atoms with Gasteiger partial charge in [0.25, 0.3) is 6.48 Å². The highest BCUT2D eigenvalue weighted by Crippen LogP contribution is 2.43. The summed E-state index contributed by atoms with van der Waals surface area (Å²) in [7, 11) is 0. The van der Waals surface area contributed by atoms with Crippen LogP contribution >= 0.6 is 0 Å². The predicted molar refractivity (Wildman–Crippen MR) is 154 cm³/mol. The fraction of sp³-hybridized carbons (Fsp3) is 0.206. The van der Waals surface area contributed by atoms with Gasteiger partial charge in [-0.1, -0.05) is 91.0 Å². The molecule has 218 valence electrons. The monoisotopic (exact) mass is 580 g/mol. The fourth-order valence-electron chi connectivity index (χ4n) is 5.18. The second-order valence-electron chi connectivity index (χ2n) is 10.0. The van der Waals surface area contributed by atoms with E-state index in [9.17, 15) is 14.4 Å². The second-order valence-corrected chi connectivity index (χ2v) is 10.0. The lowest BCUT2D eigenvalue weighted by Crippen LogP contribution is -2.76. The van der Waals surface area contributed by atoms with Gasteiger partial charge in [-0.3, -0.25) is 0 Å². The zero-order valence-electron chi connectivity index (χ0n) is 22.8. The van der Waals surface area contributed by atoms with Crippen molar-refractivity contribution in [1.82, 2.24) is 0 Å². The van der Waals surface area contributed by atoms with Gasteiger partial charge in [0.2, 0.25) is 0 Å². The molecule has 0 amide bonds. The lowest BCUT2D eigenvalue weighted by molar-refractivity contribution is -0.479. The van der Waals surface area contributed by atoms with Crippen molar-refractivity contribution in [2.75, 3.05) is 0 Å². The molecule has 0 aromatic heterocycles. The summed E-state index contributed by atoms with van der Waals surface area (Å²) < 4.78 is 34.8. The topological polar surface area (TPSA) is 107 Å². The van der Waals surface area contributed by atoms with Gasteiger partial charge >= 0.3 is 17.9 Å². The molecule has 0 radical (unpaired) electrons. The first-order valence-corrected chi connectivity index (χ1v) is 13.8. The second kappa shape index (κ2) is 13.0. The first-order chi connectivity index (χ1) is 21.0. The van der Waals surface area contributed by atoms with Gasteiger partial charge in [-0.05, 0) is 34.9 Å². The Kier molecular flexibility index (Phi) is 8.55. The molecule has 4 aliphatic rings. The van der Waals surface area contributed by atoms with Crippen molar-refractivity contribution in [3.8, 4) is 0 Å². The maximum atomic E-state index is 12.9. The zero-order chi connectivity index (χ0) is 29.6. The van der Waals surface area contributed by atoms with Crippen molar-refractivity contribution in [2.24, 2.45) is 0 Å². The van der Waals surface area contributed by atoms with E-state index in [1.807, 2.05) is 91.0 Å². The summed E-state index contributed by atoms with van der Waals surface area (Å²) in [6.45, 7) is -1.10. The molecule has 1 aliphatic carbocycles. The van der Waals surface area contributed by atoms with E-state index in [1.54, 1.807) is 18.2 Å². The molecule has 9 heteroatoms. The molecular formula is C34H28O9. The van der Waals surface area contributed by atoms with Gasteiger partial charge in [-0.25, -0.2) is 14.4 Å². The van der Waals surface area contributed by atoms with Crippen LogP contribution in [0.1, 0.15) is 16.7 Å². The van der Waals surface area contributed by atoms with E-state index < -0.39 is 61.0 Å². The van der Waals surface area contributed by atoms with Crippen LogP contribution in [0.5, 0.6) is 0 Å². The van der Waals surface area contributed by atoms with Gasteiger partial charge in [0.05, 0.1) is 0 Å². The maximum absolute atomic E-state index is 12.9.